The van der Waals surface area contributed by atoms with E-state index < -0.39 is 4.92 Å². The maximum Gasteiger partial charge on any atom is 0.273 e. The molecule has 5 nitrogen and oxygen atoms in total. The number of nitrogens with zero attached hydrogens (tertiary/aromatic N) is 1. The highest BCUT2D eigenvalue weighted by Crippen LogP contribution is 2.32. The summed E-state index contributed by atoms with van der Waals surface area (Å²) in [6.45, 7) is 6.12. The van der Waals surface area contributed by atoms with Crippen molar-refractivity contribution in [3.05, 3.63) is 32.3 Å². The van der Waals surface area contributed by atoms with Crippen molar-refractivity contribution in [2.45, 2.75) is 26.3 Å². The summed E-state index contributed by atoms with van der Waals surface area (Å²) in [6, 6.07) is 3.25. The first kappa shape index (κ1) is 13.9. The van der Waals surface area contributed by atoms with Crippen LogP contribution in [0.5, 0.6) is 0 Å². The summed E-state index contributed by atoms with van der Waals surface area (Å²) < 4.78 is 0.663. The fourth-order valence-electron chi connectivity index (χ4n) is 1.38. The van der Waals surface area contributed by atoms with Crippen molar-refractivity contribution in [3.63, 3.8) is 0 Å². The van der Waals surface area contributed by atoms with Crippen LogP contribution in [0, 0.1) is 17.0 Å². The lowest BCUT2D eigenvalue weighted by Gasteiger charge is -2.26. The Morgan fingerprint density at radius 1 is 1.53 bits per heavy atom. The fraction of sp³-hybridized carbons (Fsp3) is 0.455. The van der Waals surface area contributed by atoms with Crippen molar-refractivity contribution in [3.8, 4) is 0 Å². The third-order valence-electron chi connectivity index (χ3n) is 2.47. The lowest BCUT2D eigenvalue weighted by atomic mass is 10.0. The third-order valence-corrected chi connectivity index (χ3v) is 3.12. The van der Waals surface area contributed by atoms with Crippen molar-refractivity contribution in [2.75, 3.05) is 11.9 Å². The average Bonchev–Trinajstić information content (AvgIpc) is 2.22. The van der Waals surface area contributed by atoms with Crippen LogP contribution in [0.15, 0.2) is 16.6 Å². The Bertz CT molecular complexity index is 447. The molecule has 0 fully saturated rings. The number of hydrogen-bond acceptors (Lipinski definition) is 4. The van der Waals surface area contributed by atoms with Gasteiger partial charge in [-0.25, -0.2) is 0 Å². The molecule has 0 aliphatic rings. The van der Waals surface area contributed by atoms with Crippen molar-refractivity contribution in [1.29, 1.82) is 0 Å². The number of nitro benzene ring substituents is 1. The highest BCUT2D eigenvalue weighted by atomic mass is 79.9. The molecule has 1 aromatic carbocycles. The lowest BCUT2D eigenvalue weighted by Crippen LogP contribution is -2.39. The Hall–Kier alpha value is -1.14. The van der Waals surface area contributed by atoms with Crippen molar-refractivity contribution < 1.29 is 4.92 Å². The van der Waals surface area contributed by atoms with Crippen LogP contribution in [0.1, 0.15) is 19.4 Å². The number of nitro groups is 1. The van der Waals surface area contributed by atoms with Gasteiger partial charge in [0.1, 0.15) is 0 Å². The van der Waals surface area contributed by atoms with Crippen LogP contribution in [-0.4, -0.2) is 17.0 Å². The maximum absolute atomic E-state index is 10.8. The van der Waals surface area contributed by atoms with Gasteiger partial charge in [-0.2, -0.15) is 0 Å². The predicted molar refractivity (Wildman–Crippen MR) is 72.3 cm³/mol. The number of benzene rings is 1. The largest absolute Gasteiger partial charge is 0.378 e. The van der Waals surface area contributed by atoms with Crippen molar-refractivity contribution in [2.24, 2.45) is 5.73 Å². The molecule has 0 spiro atoms. The van der Waals surface area contributed by atoms with Crippen LogP contribution in [-0.2, 0) is 0 Å². The zero-order valence-electron chi connectivity index (χ0n) is 10.1. The fourth-order valence-corrected chi connectivity index (χ4v) is 1.81. The van der Waals surface area contributed by atoms with Crippen molar-refractivity contribution >= 4 is 27.3 Å². The Balaban J connectivity index is 3.12. The second-order valence-corrected chi connectivity index (χ2v) is 5.44. The van der Waals surface area contributed by atoms with Crippen LogP contribution >= 0.6 is 15.9 Å². The molecule has 0 unspecified atom stereocenters. The number of rotatable bonds is 4. The summed E-state index contributed by atoms with van der Waals surface area (Å²) in [7, 11) is 0. The zero-order valence-corrected chi connectivity index (χ0v) is 11.7. The maximum atomic E-state index is 10.8. The van der Waals surface area contributed by atoms with Crippen LogP contribution < -0.4 is 11.1 Å². The topological polar surface area (TPSA) is 81.2 Å². The molecule has 94 valence electrons. The van der Waals surface area contributed by atoms with Crippen molar-refractivity contribution in [1.82, 2.24) is 0 Å². The molecule has 0 aliphatic heterocycles. The first-order valence-corrected chi connectivity index (χ1v) is 5.99. The molecule has 1 aromatic rings. The van der Waals surface area contributed by atoms with Crippen LogP contribution in [0.25, 0.3) is 0 Å². The molecule has 17 heavy (non-hydrogen) atoms. The van der Waals surface area contributed by atoms with Gasteiger partial charge in [0.15, 0.2) is 0 Å². The van der Waals surface area contributed by atoms with E-state index >= 15 is 0 Å². The van der Waals surface area contributed by atoms with Gasteiger partial charge < -0.3 is 11.1 Å². The molecule has 3 N–H and O–H groups in total. The standard InChI is InChI=1S/C11H16BrN3O2/c1-7-4-9(14-11(2,3)6-13)8(12)5-10(7)15(16)17/h4-5,14H,6,13H2,1-3H3. The number of aryl methyl sites for hydroxylation is 1. The van der Waals surface area contributed by atoms with E-state index in [9.17, 15) is 10.1 Å². The summed E-state index contributed by atoms with van der Waals surface area (Å²) in [5.41, 5.74) is 6.91. The second-order valence-electron chi connectivity index (χ2n) is 4.59. The van der Waals surface area contributed by atoms with Gasteiger partial charge in [-0.05, 0) is 42.8 Å². The molecule has 0 saturated carbocycles. The molecule has 1 rings (SSSR count). The van der Waals surface area contributed by atoms with Gasteiger partial charge in [0.05, 0.1) is 4.92 Å². The van der Waals surface area contributed by atoms with Gasteiger partial charge >= 0.3 is 0 Å². The molecular weight excluding hydrogens is 286 g/mol. The molecule has 6 heteroatoms. The van der Waals surface area contributed by atoms with Gasteiger partial charge in [-0.1, -0.05) is 0 Å². The SMILES string of the molecule is Cc1cc(NC(C)(C)CN)c(Br)cc1[N+](=O)[O-]. The summed E-state index contributed by atoms with van der Waals surface area (Å²) >= 11 is 3.32. The van der Waals surface area contributed by atoms with E-state index in [-0.39, 0.29) is 11.2 Å². The molecule has 0 heterocycles. The second kappa shape index (κ2) is 5.01. The monoisotopic (exact) mass is 301 g/mol. The first-order chi connectivity index (χ1) is 7.76. The summed E-state index contributed by atoms with van der Waals surface area (Å²) in [6.07, 6.45) is 0. The van der Waals surface area contributed by atoms with E-state index in [0.29, 0.717) is 16.6 Å². The number of anilines is 1. The zero-order chi connectivity index (χ0) is 13.2. The van der Waals surface area contributed by atoms with Crippen LogP contribution in [0.3, 0.4) is 0 Å². The van der Waals surface area contributed by atoms with E-state index in [1.54, 1.807) is 13.0 Å². The van der Waals surface area contributed by atoms with E-state index in [1.807, 2.05) is 13.8 Å². The van der Waals surface area contributed by atoms with Gasteiger partial charge in [0.2, 0.25) is 0 Å². The lowest BCUT2D eigenvalue weighted by molar-refractivity contribution is -0.385. The van der Waals surface area contributed by atoms with E-state index in [1.165, 1.54) is 6.07 Å². The Morgan fingerprint density at radius 3 is 2.59 bits per heavy atom. The Kier molecular flexibility index (Phi) is 4.11. The number of nitrogens with two attached hydrogens (primary N) is 1. The smallest absolute Gasteiger partial charge is 0.273 e. The van der Waals surface area contributed by atoms with Gasteiger partial charge in [-0.3, -0.25) is 10.1 Å². The summed E-state index contributed by atoms with van der Waals surface area (Å²) in [5, 5.41) is 14.0. The molecule has 0 radical (unpaired) electrons. The molecule has 0 aliphatic carbocycles. The number of hydrogen-bond donors (Lipinski definition) is 2. The molecule has 0 bridgehead atoms. The molecular formula is C11H16BrN3O2. The normalized spacial score (nSPS) is 11.4. The minimum atomic E-state index is -0.391. The molecule has 0 saturated heterocycles. The quantitative estimate of drug-likeness (QED) is 0.662. The highest BCUT2D eigenvalue weighted by Gasteiger charge is 2.19. The Labute approximate surface area is 109 Å². The van der Waals surface area contributed by atoms with E-state index in [4.69, 9.17) is 5.73 Å². The van der Waals surface area contributed by atoms with E-state index in [2.05, 4.69) is 21.2 Å². The third kappa shape index (κ3) is 3.41. The average molecular weight is 302 g/mol. The Morgan fingerprint density at radius 2 is 2.12 bits per heavy atom. The van der Waals surface area contributed by atoms with Gasteiger partial charge in [0, 0.05) is 33.9 Å². The molecule has 0 aromatic heterocycles. The highest BCUT2D eigenvalue weighted by molar-refractivity contribution is 9.10. The predicted octanol–water partition coefficient (Wildman–Crippen LogP) is 2.81. The molecule has 0 atom stereocenters. The molecule has 0 amide bonds. The van der Waals surface area contributed by atoms with Crippen LogP contribution in [0.4, 0.5) is 11.4 Å². The van der Waals surface area contributed by atoms with Crippen LogP contribution in [0.2, 0.25) is 0 Å². The first-order valence-electron chi connectivity index (χ1n) is 5.19. The number of nitrogens with one attached hydrogen (secondary N) is 1. The minimum Gasteiger partial charge on any atom is -0.378 e. The summed E-state index contributed by atoms with van der Waals surface area (Å²) in [5.74, 6) is 0. The van der Waals surface area contributed by atoms with E-state index in [0.717, 1.165) is 5.69 Å². The summed E-state index contributed by atoms with van der Waals surface area (Å²) in [4.78, 5) is 10.4. The van der Waals surface area contributed by atoms with Gasteiger partial charge in [-0.15, -0.1) is 0 Å². The minimum absolute atomic E-state index is 0.105. The number of halogens is 1. The van der Waals surface area contributed by atoms with Gasteiger partial charge in [0.25, 0.3) is 5.69 Å².